The zero-order valence-corrected chi connectivity index (χ0v) is 19.5. The fraction of sp³-hybridized carbons (Fsp3) is 0.455. The van der Waals surface area contributed by atoms with Crippen LogP contribution in [0.15, 0.2) is 24.5 Å². The summed E-state index contributed by atoms with van der Waals surface area (Å²) in [5, 5.41) is 4.55. The van der Waals surface area contributed by atoms with E-state index in [0.29, 0.717) is 37.9 Å². The number of carbonyl (C=O) groups excluding carboxylic acids is 3. The first-order valence-electron chi connectivity index (χ1n) is 11.0. The molecular weight excluding hydrogens is 494 g/mol. The maximum Gasteiger partial charge on any atom is 0.405 e. The first-order valence-corrected chi connectivity index (χ1v) is 11.3. The Morgan fingerprint density at radius 1 is 1.17 bits per heavy atom. The van der Waals surface area contributed by atoms with Gasteiger partial charge in [0.25, 0.3) is 11.8 Å². The van der Waals surface area contributed by atoms with Crippen LogP contribution in [0.3, 0.4) is 0 Å². The lowest BCUT2D eigenvalue weighted by Crippen LogP contribution is -2.43. The number of anilines is 1. The quantitative estimate of drug-likeness (QED) is 0.485. The van der Waals surface area contributed by atoms with Crippen molar-refractivity contribution in [3.63, 3.8) is 0 Å². The molecule has 3 N–H and O–H groups in total. The van der Waals surface area contributed by atoms with Crippen molar-refractivity contribution in [3.8, 4) is 0 Å². The number of benzene rings is 1. The molecule has 1 fully saturated rings. The summed E-state index contributed by atoms with van der Waals surface area (Å²) in [5.74, 6) is -2.78. The molecule has 0 spiro atoms. The third kappa shape index (κ3) is 6.71. The van der Waals surface area contributed by atoms with Gasteiger partial charge < -0.3 is 20.5 Å². The molecule has 0 unspecified atom stereocenters. The van der Waals surface area contributed by atoms with Crippen LogP contribution >= 0.6 is 11.6 Å². The smallest absolute Gasteiger partial charge is 0.348 e. The van der Waals surface area contributed by atoms with Gasteiger partial charge in [0.2, 0.25) is 5.91 Å². The molecule has 2 aromatic rings. The molecule has 8 nitrogen and oxygen atoms in total. The van der Waals surface area contributed by atoms with Gasteiger partial charge in [0.15, 0.2) is 5.69 Å². The number of H-pyrrole nitrogens is 1. The Kier molecular flexibility index (Phi) is 8.36. The van der Waals surface area contributed by atoms with E-state index in [-0.39, 0.29) is 34.3 Å². The van der Waals surface area contributed by atoms with E-state index in [2.05, 4.69) is 15.3 Å². The minimum Gasteiger partial charge on any atom is -0.348 e. The van der Waals surface area contributed by atoms with E-state index in [0.717, 1.165) is 12.4 Å². The van der Waals surface area contributed by atoms with Gasteiger partial charge >= 0.3 is 6.18 Å². The summed E-state index contributed by atoms with van der Waals surface area (Å²) in [5.41, 5.74) is -0.262. The molecule has 3 amide bonds. The Morgan fingerprint density at radius 3 is 2.46 bits per heavy atom. The second kappa shape index (κ2) is 11.1. The molecule has 1 aliphatic rings. The monoisotopic (exact) mass is 517 g/mol. The predicted molar refractivity (Wildman–Crippen MR) is 120 cm³/mol. The van der Waals surface area contributed by atoms with Crippen molar-refractivity contribution in [2.75, 3.05) is 18.0 Å². The van der Waals surface area contributed by atoms with Crippen LogP contribution in [0.4, 0.5) is 23.2 Å². The third-order valence-electron chi connectivity index (χ3n) is 5.73. The minimum absolute atomic E-state index is 0.134. The average molecular weight is 518 g/mol. The number of amides is 3. The standard InChI is InChI=1S/C22H24ClF4N5O3/c1-2-32(16-8-5-13(24)9-15(16)23)21(35)12-3-6-14(7-4-12)31-20(34)18-17(29-11-30-18)19(33)28-10-22(25,26)27/h5,8-9,11-12,14H,2-4,6-7,10H2,1H3,(H,28,33)(H,29,30)(H,31,34). The van der Waals surface area contributed by atoms with Gasteiger partial charge in [-0.15, -0.1) is 0 Å². The van der Waals surface area contributed by atoms with E-state index in [1.807, 2.05) is 0 Å². The topological polar surface area (TPSA) is 107 Å². The fourth-order valence-corrected chi connectivity index (χ4v) is 4.28. The second-order valence-electron chi connectivity index (χ2n) is 8.12. The summed E-state index contributed by atoms with van der Waals surface area (Å²) < 4.78 is 50.4. The molecule has 1 saturated carbocycles. The number of nitrogens with zero attached hydrogens (tertiary/aromatic N) is 2. The highest BCUT2D eigenvalue weighted by molar-refractivity contribution is 6.33. The van der Waals surface area contributed by atoms with Crippen molar-refractivity contribution in [2.45, 2.75) is 44.8 Å². The molecule has 0 radical (unpaired) electrons. The highest BCUT2D eigenvalue weighted by Gasteiger charge is 2.33. The van der Waals surface area contributed by atoms with E-state index in [1.54, 1.807) is 12.2 Å². The van der Waals surface area contributed by atoms with Crippen molar-refractivity contribution in [1.82, 2.24) is 20.6 Å². The SMILES string of the molecule is CCN(C(=O)C1CCC(NC(=O)c2nc[nH]c2C(=O)NCC(F)(F)F)CC1)c1ccc(F)cc1Cl. The number of hydrogen-bond acceptors (Lipinski definition) is 4. The van der Waals surface area contributed by atoms with E-state index in [1.165, 1.54) is 17.0 Å². The number of aromatic amines is 1. The fourth-order valence-electron chi connectivity index (χ4n) is 4.01. The molecule has 13 heteroatoms. The van der Waals surface area contributed by atoms with Crippen molar-refractivity contribution in [3.05, 3.63) is 46.8 Å². The zero-order valence-electron chi connectivity index (χ0n) is 18.7. The summed E-state index contributed by atoms with van der Waals surface area (Å²) in [6.07, 6.45) is -1.67. The average Bonchev–Trinajstić information content (AvgIpc) is 3.29. The van der Waals surface area contributed by atoms with Crippen LogP contribution in [0.25, 0.3) is 0 Å². The van der Waals surface area contributed by atoms with E-state index >= 15 is 0 Å². The van der Waals surface area contributed by atoms with Crippen LogP contribution in [0.1, 0.15) is 53.6 Å². The highest BCUT2D eigenvalue weighted by Crippen LogP contribution is 2.32. The van der Waals surface area contributed by atoms with Crippen LogP contribution in [0.5, 0.6) is 0 Å². The Labute approximate surface area is 203 Å². The van der Waals surface area contributed by atoms with Crippen molar-refractivity contribution < 1.29 is 31.9 Å². The largest absolute Gasteiger partial charge is 0.405 e. The maximum absolute atomic E-state index is 13.4. The first kappa shape index (κ1) is 26.5. The van der Waals surface area contributed by atoms with Crippen molar-refractivity contribution >= 4 is 35.0 Å². The lowest BCUT2D eigenvalue weighted by Gasteiger charge is -2.32. The normalized spacial score (nSPS) is 18.1. The molecule has 0 atom stereocenters. The summed E-state index contributed by atoms with van der Waals surface area (Å²) in [6.45, 7) is 0.594. The molecule has 0 bridgehead atoms. The summed E-state index contributed by atoms with van der Waals surface area (Å²) in [4.78, 5) is 45.3. The molecule has 1 aromatic heterocycles. The number of rotatable bonds is 7. The molecule has 0 saturated heterocycles. The molecule has 0 aliphatic heterocycles. The minimum atomic E-state index is -4.59. The van der Waals surface area contributed by atoms with E-state index in [4.69, 9.17) is 11.6 Å². The van der Waals surface area contributed by atoms with Gasteiger partial charge in [0.1, 0.15) is 18.1 Å². The van der Waals surface area contributed by atoms with Gasteiger partial charge in [-0.3, -0.25) is 14.4 Å². The number of imidazole rings is 1. The second-order valence-corrected chi connectivity index (χ2v) is 8.53. The lowest BCUT2D eigenvalue weighted by atomic mass is 9.85. The van der Waals surface area contributed by atoms with Gasteiger partial charge in [-0.2, -0.15) is 13.2 Å². The lowest BCUT2D eigenvalue weighted by molar-refractivity contribution is -0.124. The summed E-state index contributed by atoms with van der Waals surface area (Å²) in [6, 6.07) is 3.53. The van der Waals surface area contributed by atoms with Gasteiger partial charge in [0.05, 0.1) is 17.0 Å². The zero-order chi connectivity index (χ0) is 25.8. The Bertz CT molecular complexity index is 1080. The van der Waals surface area contributed by atoms with Gasteiger partial charge in [-0.05, 0) is 50.8 Å². The maximum atomic E-state index is 13.4. The Balaban J connectivity index is 1.57. The van der Waals surface area contributed by atoms with Crippen LogP contribution in [-0.4, -0.2) is 53.0 Å². The Morgan fingerprint density at radius 2 is 1.86 bits per heavy atom. The predicted octanol–water partition coefficient (Wildman–Crippen LogP) is 3.84. The van der Waals surface area contributed by atoms with E-state index < -0.39 is 30.4 Å². The van der Waals surface area contributed by atoms with Crippen LogP contribution in [0, 0.1) is 11.7 Å². The highest BCUT2D eigenvalue weighted by atomic mass is 35.5. The molecule has 1 aromatic carbocycles. The Hall–Kier alpha value is -3.15. The number of halogens is 5. The first-order chi connectivity index (χ1) is 16.5. The van der Waals surface area contributed by atoms with Crippen LogP contribution < -0.4 is 15.5 Å². The molecule has 35 heavy (non-hydrogen) atoms. The van der Waals surface area contributed by atoms with Crippen molar-refractivity contribution in [1.29, 1.82) is 0 Å². The molecule has 1 aliphatic carbocycles. The summed E-state index contributed by atoms with van der Waals surface area (Å²) >= 11 is 6.12. The number of alkyl halides is 3. The van der Waals surface area contributed by atoms with Gasteiger partial charge in [-0.25, -0.2) is 9.37 Å². The van der Waals surface area contributed by atoms with Gasteiger partial charge in [0, 0.05) is 18.5 Å². The number of aromatic nitrogens is 2. The molecule has 190 valence electrons. The van der Waals surface area contributed by atoms with E-state index in [9.17, 15) is 31.9 Å². The number of carbonyl (C=O) groups is 3. The van der Waals surface area contributed by atoms with Crippen LogP contribution in [0.2, 0.25) is 5.02 Å². The van der Waals surface area contributed by atoms with Gasteiger partial charge in [-0.1, -0.05) is 11.6 Å². The third-order valence-corrected chi connectivity index (χ3v) is 6.03. The molecule has 3 rings (SSSR count). The van der Waals surface area contributed by atoms with Crippen molar-refractivity contribution in [2.24, 2.45) is 5.92 Å². The van der Waals surface area contributed by atoms with Crippen LogP contribution in [-0.2, 0) is 4.79 Å². The molecule has 1 heterocycles. The number of hydrogen-bond donors (Lipinski definition) is 3. The summed E-state index contributed by atoms with van der Waals surface area (Å²) in [7, 11) is 0. The number of nitrogens with one attached hydrogen (secondary N) is 3. The molecular formula is C22H24ClF4N5O3.